The van der Waals surface area contributed by atoms with Crippen LogP contribution < -0.4 is 4.74 Å². The molecular formula is C9H14N2O3. The van der Waals surface area contributed by atoms with Gasteiger partial charge in [-0.3, -0.25) is 5.10 Å². The van der Waals surface area contributed by atoms with Gasteiger partial charge in [-0.2, -0.15) is 0 Å². The average Bonchev–Trinajstić information content (AvgIpc) is 2.43. The summed E-state index contributed by atoms with van der Waals surface area (Å²) in [4.78, 5) is 10.6. The van der Waals surface area contributed by atoms with Crippen LogP contribution in [0.1, 0.15) is 29.9 Å². The van der Waals surface area contributed by atoms with E-state index in [9.17, 15) is 4.79 Å². The first-order valence-corrected chi connectivity index (χ1v) is 4.43. The van der Waals surface area contributed by atoms with Gasteiger partial charge in [0.15, 0.2) is 0 Å². The number of aromatic amines is 1. The maximum Gasteiger partial charge on any atom is 0.354 e. The number of carboxylic acids is 1. The Morgan fingerprint density at radius 2 is 2.29 bits per heavy atom. The molecule has 14 heavy (non-hydrogen) atoms. The van der Waals surface area contributed by atoms with Crippen LogP contribution in [0.25, 0.3) is 0 Å². The molecule has 0 aliphatic rings. The second kappa shape index (κ2) is 4.13. The molecule has 0 aliphatic carbocycles. The molecule has 0 unspecified atom stereocenters. The van der Waals surface area contributed by atoms with Crippen LogP contribution >= 0.6 is 0 Å². The zero-order valence-corrected chi connectivity index (χ0v) is 8.50. The number of hydrogen-bond acceptors (Lipinski definition) is 3. The summed E-state index contributed by atoms with van der Waals surface area (Å²) in [5.74, 6) is -0.259. The predicted octanol–water partition coefficient (Wildman–Crippen LogP) is 1.45. The highest BCUT2D eigenvalue weighted by molar-refractivity contribution is 5.87. The third-order valence-corrected chi connectivity index (χ3v) is 1.73. The summed E-state index contributed by atoms with van der Waals surface area (Å²) in [6.45, 7) is 6.23. The first-order valence-electron chi connectivity index (χ1n) is 4.43. The van der Waals surface area contributed by atoms with Gasteiger partial charge in [-0.15, -0.1) is 5.10 Å². The highest BCUT2D eigenvalue weighted by atomic mass is 16.5. The van der Waals surface area contributed by atoms with Crippen molar-refractivity contribution in [3.8, 4) is 5.88 Å². The molecule has 1 heterocycles. The first-order chi connectivity index (χ1) is 6.52. The molecule has 5 nitrogen and oxygen atoms in total. The van der Waals surface area contributed by atoms with E-state index >= 15 is 0 Å². The van der Waals surface area contributed by atoms with Gasteiger partial charge in [0.25, 0.3) is 0 Å². The molecule has 0 aliphatic heterocycles. The Morgan fingerprint density at radius 1 is 1.64 bits per heavy atom. The second-order valence-electron chi connectivity index (χ2n) is 3.54. The molecule has 0 spiro atoms. The van der Waals surface area contributed by atoms with Gasteiger partial charge in [0.1, 0.15) is 5.69 Å². The summed E-state index contributed by atoms with van der Waals surface area (Å²) < 4.78 is 5.32. The zero-order chi connectivity index (χ0) is 10.7. The fraction of sp³-hybridized carbons (Fsp3) is 0.556. The molecule has 1 aromatic rings. The molecule has 0 saturated heterocycles. The molecule has 0 amide bonds. The largest absolute Gasteiger partial charge is 0.477 e. The number of nitrogens with one attached hydrogen (secondary N) is 1. The zero-order valence-electron chi connectivity index (χ0n) is 8.50. The van der Waals surface area contributed by atoms with Crippen LogP contribution in [0.4, 0.5) is 0 Å². The summed E-state index contributed by atoms with van der Waals surface area (Å²) in [5, 5.41) is 14.9. The number of aromatic nitrogens is 2. The van der Waals surface area contributed by atoms with E-state index in [0.717, 1.165) is 0 Å². The standard InChI is InChI=1S/C9H14N2O3/c1-5(2)4-14-8-6(3)7(9(12)13)10-11-8/h5H,4H2,1-3H3,(H,10,11)(H,12,13). The highest BCUT2D eigenvalue weighted by Crippen LogP contribution is 2.17. The monoisotopic (exact) mass is 198 g/mol. The minimum atomic E-state index is -1.02. The lowest BCUT2D eigenvalue weighted by Gasteiger charge is -2.05. The number of nitrogens with zero attached hydrogens (tertiary/aromatic N) is 1. The van der Waals surface area contributed by atoms with Gasteiger partial charge in [-0.05, 0) is 12.8 Å². The fourth-order valence-corrected chi connectivity index (χ4v) is 0.976. The number of aromatic carboxylic acids is 1. The van der Waals surface area contributed by atoms with E-state index in [0.29, 0.717) is 24.0 Å². The van der Waals surface area contributed by atoms with Gasteiger partial charge in [-0.1, -0.05) is 13.8 Å². The molecule has 5 heteroatoms. The Bertz CT molecular complexity index is 331. The Labute approximate surface area is 82.1 Å². The maximum absolute atomic E-state index is 10.6. The maximum atomic E-state index is 10.6. The van der Waals surface area contributed by atoms with E-state index in [4.69, 9.17) is 9.84 Å². The van der Waals surface area contributed by atoms with Crippen LogP contribution in [0.15, 0.2) is 0 Å². The number of carbonyl (C=O) groups is 1. The number of hydrogen-bond donors (Lipinski definition) is 2. The predicted molar refractivity (Wildman–Crippen MR) is 50.6 cm³/mol. The molecule has 1 aromatic heterocycles. The van der Waals surface area contributed by atoms with Crippen molar-refractivity contribution >= 4 is 5.97 Å². The van der Waals surface area contributed by atoms with Crippen molar-refractivity contribution in [2.24, 2.45) is 5.92 Å². The highest BCUT2D eigenvalue weighted by Gasteiger charge is 2.15. The second-order valence-corrected chi connectivity index (χ2v) is 3.54. The van der Waals surface area contributed by atoms with E-state index in [-0.39, 0.29) is 5.69 Å². The molecule has 0 fully saturated rings. The topological polar surface area (TPSA) is 75.2 Å². The lowest BCUT2D eigenvalue weighted by Crippen LogP contribution is -2.05. The molecule has 0 atom stereocenters. The summed E-state index contributed by atoms with van der Waals surface area (Å²) in [7, 11) is 0. The third kappa shape index (κ3) is 2.25. The third-order valence-electron chi connectivity index (χ3n) is 1.73. The van der Waals surface area contributed by atoms with Crippen LogP contribution in [0.5, 0.6) is 5.88 Å². The summed E-state index contributed by atoms with van der Waals surface area (Å²) >= 11 is 0. The van der Waals surface area contributed by atoms with E-state index in [1.807, 2.05) is 13.8 Å². The van der Waals surface area contributed by atoms with Crippen LogP contribution in [-0.4, -0.2) is 27.9 Å². The van der Waals surface area contributed by atoms with Crippen molar-refractivity contribution in [3.63, 3.8) is 0 Å². The van der Waals surface area contributed by atoms with Crippen molar-refractivity contribution in [3.05, 3.63) is 11.3 Å². The molecular weight excluding hydrogens is 184 g/mol. The summed E-state index contributed by atoms with van der Waals surface area (Å²) in [6, 6.07) is 0. The van der Waals surface area contributed by atoms with Gasteiger partial charge in [0.2, 0.25) is 5.88 Å². The lowest BCUT2D eigenvalue weighted by atomic mass is 10.2. The number of carboxylic acid groups (broad SMARTS) is 1. The minimum absolute atomic E-state index is 0.0868. The SMILES string of the molecule is Cc1c(OCC(C)C)n[nH]c1C(=O)O. The Balaban J connectivity index is 2.74. The molecule has 0 bridgehead atoms. The van der Waals surface area contributed by atoms with Crippen LogP contribution in [0.2, 0.25) is 0 Å². The smallest absolute Gasteiger partial charge is 0.354 e. The first kappa shape index (κ1) is 10.6. The van der Waals surface area contributed by atoms with Gasteiger partial charge < -0.3 is 9.84 Å². The Kier molecular flexibility index (Phi) is 3.11. The van der Waals surface area contributed by atoms with E-state index in [1.54, 1.807) is 6.92 Å². The van der Waals surface area contributed by atoms with E-state index in [2.05, 4.69) is 10.2 Å². The van der Waals surface area contributed by atoms with E-state index in [1.165, 1.54) is 0 Å². The van der Waals surface area contributed by atoms with Crippen molar-refractivity contribution in [1.82, 2.24) is 10.2 Å². The average molecular weight is 198 g/mol. The number of rotatable bonds is 4. The van der Waals surface area contributed by atoms with Crippen molar-refractivity contribution in [1.29, 1.82) is 0 Å². The molecule has 1 rings (SSSR count). The van der Waals surface area contributed by atoms with Gasteiger partial charge in [0, 0.05) is 5.56 Å². The van der Waals surface area contributed by atoms with Crippen LogP contribution in [0, 0.1) is 12.8 Å². The van der Waals surface area contributed by atoms with Gasteiger partial charge in [-0.25, -0.2) is 4.79 Å². The fourth-order valence-electron chi connectivity index (χ4n) is 0.976. The minimum Gasteiger partial charge on any atom is -0.477 e. The molecule has 0 aromatic carbocycles. The molecule has 0 radical (unpaired) electrons. The summed E-state index contributed by atoms with van der Waals surface area (Å²) in [6.07, 6.45) is 0. The van der Waals surface area contributed by atoms with Gasteiger partial charge >= 0.3 is 5.97 Å². The van der Waals surface area contributed by atoms with Gasteiger partial charge in [0.05, 0.1) is 6.61 Å². The van der Waals surface area contributed by atoms with Crippen LogP contribution in [0.3, 0.4) is 0 Å². The van der Waals surface area contributed by atoms with Crippen molar-refractivity contribution in [2.75, 3.05) is 6.61 Å². The van der Waals surface area contributed by atoms with E-state index < -0.39 is 5.97 Å². The molecule has 2 N–H and O–H groups in total. The number of ether oxygens (including phenoxy) is 1. The van der Waals surface area contributed by atoms with Crippen molar-refractivity contribution < 1.29 is 14.6 Å². The summed E-state index contributed by atoms with van der Waals surface area (Å²) in [5.41, 5.74) is 0.627. The molecule has 78 valence electrons. The molecule has 0 saturated carbocycles. The normalized spacial score (nSPS) is 10.6. The quantitative estimate of drug-likeness (QED) is 0.767. The Hall–Kier alpha value is -1.52. The number of H-pyrrole nitrogens is 1. The van der Waals surface area contributed by atoms with Crippen LogP contribution in [-0.2, 0) is 0 Å². The lowest BCUT2D eigenvalue weighted by molar-refractivity contribution is 0.0689. The van der Waals surface area contributed by atoms with Crippen molar-refractivity contribution in [2.45, 2.75) is 20.8 Å². The Morgan fingerprint density at radius 3 is 2.71 bits per heavy atom.